The number of rotatable bonds is 6. The van der Waals surface area contributed by atoms with Crippen LogP contribution in [0.3, 0.4) is 0 Å². The molecule has 3 rings (SSSR count). The molecular formula is C21H21N3O4S. The third kappa shape index (κ3) is 4.32. The number of carbonyl (C=O) groups excluding carboxylic acids is 4. The number of benzene rings is 1. The van der Waals surface area contributed by atoms with Crippen molar-refractivity contribution in [1.29, 1.82) is 0 Å². The Balaban J connectivity index is 1.62. The molecule has 1 aliphatic rings. The van der Waals surface area contributed by atoms with E-state index in [4.69, 9.17) is 0 Å². The molecule has 0 unspecified atom stereocenters. The molecule has 2 aromatic rings. The van der Waals surface area contributed by atoms with Gasteiger partial charge in [0.1, 0.15) is 5.69 Å². The highest BCUT2D eigenvalue weighted by Gasteiger charge is 2.34. The van der Waals surface area contributed by atoms with Crippen molar-refractivity contribution in [2.75, 3.05) is 13.1 Å². The van der Waals surface area contributed by atoms with Gasteiger partial charge in [-0.25, -0.2) is 0 Å². The first-order valence-corrected chi connectivity index (χ1v) is 9.90. The van der Waals surface area contributed by atoms with Gasteiger partial charge in [-0.15, -0.1) is 0 Å². The monoisotopic (exact) mass is 411 g/mol. The fraction of sp³-hybridized carbons (Fsp3) is 0.238. The Bertz CT molecular complexity index is 1020. The van der Waals surface area contributed by atoms with Crippen LogP contribution >= 0.6 is 11.8 Å². The van der Waals surface area contributed by atoms with Gasteiger partial charge in [0.05, 0.1) is 4.91 Å². The van der Waals surface area contributed by atoms with E-state index in [1.807, 2.05) is 30.3 Å². The molecule has 1 aromatic heterocycles. The second-order valence-corrected chi connectivity index (χ2v) is 7.67. The Morgan fingerprint density at radius 2 is 1.86 bits per heavy atom. The van der Waals surface area contributed by atoms with E-state index < -0.39 is 0 Å². The lowest BCUT2D eigenvalue weighted by molar-refractivity contribution is -0.122. The normalized spacial score (nSPS) is 15.3. The van der Waals surface area contributed by atoms with Gasteiger partial charge in [-0.2, -0.15) is 0 Å². The Morgan fingerprint density at radius 3 is 2.48 bits per heavy atom. The van der Waals surface area contributed by atoms with Crippen molar-refractivity contribution in [3.05, 3.63) is 63.3 Å². The molecule has 0 radical (unpaired) electrons. The Morgan fingerprint density at radius 1 is 1.17 bits per heavy atom. The van der Waals surface area contributed by atoms with Gasteiger partial charge in [0, 0.05) is 24.3 Å². The summed E-state index contributed by atoms with van der Waals surface area (Å²) in [5.41, 5.74) is 2.88. The van der Waals surface area contributed by atoms with Crippen LogP contribution in [0.5, 0.6) is 0 Å². The number of hydrogen-bond acceptors (Lipinski definition) is 5. The molecule has 8 heteroatoms. The van der Waals surface area contributed by atoms with Crippen molar-refractivity contribution >= 4 is 40.7 Å². The summed E-state index contributed by atoms with van der Waals surface area (Å²) in [5, 5.41) is 2.33. The second-order valence-electron chi connectivity index (χ2n) is 6.68. The highest BCUT2D eigenvalue weighted by molar-refractivity contribution is 8.18. The number of aromatic nitrogens is 1. The van der Waals surface area contributed by atoms with Crippen LogP contribution in [0.4, 0.5) is 4.79 Å². The van der Waals surface area contributed by atoms with Crippen LogP contribution in [0.15, 0.2) is 35.2 Å². The smallest absolute Gasteiger partial charge is 0.293 e. The number of imide groups is 1. The summed E-state index contributed by atoms with van der Waals surface area (Å²) in [6.07, 6.45) is 1.68. The van der Waals surface area contributed by atoms with Gasteiger partial charge in [0.25, 0.3) is 17.1 Å². The van der Waals surface area contributed by atoms with Gasteiger partial charge >= 0.3 is 0 Å². The zero-order valence-corrected chi connectivity index (χ0v) is 17.2. The number of H-pyrrole nitrogens is 1. The maximum absolute atomic E-state index is 12.5. The first kappa shape index (κ1) is 20.6. The predicted octanol–water partition coefficient (Wildman–Crippen LogP) is 3.30. The molecule has 29 heavy (non-hydrogen) atoms. The number of nitrogens with one attached hydrogen (secondary N) is 2. The van der Waals surface area contributed by atoms with Crippen LogP contribution in [0.2, 0.25) is 0 Å². The summed E-state index contributed by atoms with van der Waals surface area (Å²) >= 11 is 0.885. The molecule has 3 amide bonds. The molecule has 1 aliphatic heterocycles. The first-order valence-electron chi connectivity index (χ1n) is 9.08. The number of aromatic amines is 1. The fourth-order valence-electron chi connectivity index (χ4n) is 3.27. The molecule has 2 heterocycles. The van der Waals surface area contributed by atoms with Crippen LogP contribution < -0.4 is 5.32 Å². The highest BCUT2D eigenvalue weighted by Crippen LogP contribution is 2.31. The zero-order chi connectivity index (χ0) is 21.1. The highest BCUT2D eigenvalue weighted by atomic mass is 32.2. The molecule has 0 aliphatic carbocycles. The summed E-state index contributed by atoms with van der Waals surface area (Å²) < 4.78 is 0. The molecule has 150 valence electrons. The van der Waals surface area contributed by atoms with Crippen molar-refractivity contribution in [2.45, 2.75) is 20.8 Å². The van der Waals surface area contributed by atoms with Crippen molar-refractivity contribution in [3.8, 4) is 0 Å². The summed E-state index contributed by atoms with van der Waals surface area (Å²) in [6.45, 7) is 5.08. The van der Waals surface area contributed by atoms with E-state index in [1.165, 1.54) is 6.92 Å². The lowest BCUT2D eigenvalue weighted by Gasteiger charge is -2.13. The fourth-order valence-corrected chi connectivity index (χ4v) is 4.13. The van der Waals surface area contributed by atoms with Crippen LogP contribution in [-0.2, 0) is 4.79 Å². The first-order chi connectivity index (χ1) is 13.8. The molecule has 0 bridgehead atoms. The van der Waals surface area contributed by atoms with Gasteiger partial charge in [0.2, 0.25) is 0 Å². The number of aryl methyl sites for hydroxylation is 1. The minimum Gasteiger partial charge on any atom is -0.354 e. The summed E-state index contributed by atoms with van der Waals surface area (Å²) in [6, 6.07) is 9.29. The second kappa shape index (κ2) is 8.48. The van der Waals surface area contributed by atoms with Gasteiger partial charge in [-0.1, -0.05) is 30.3 Å². The van der Waals surface area contributed by atoms with Crippen molar-refractivity contribution in [1.82, 2.24) is 15.2 Å². The van der Waals surface area contributed by atoms with Crippen molar-refractivity contribution < 1.29 is 19.2 Å². The lowest BCUT2D eigenvalue weighted by atomic mass is 10.1. The van der Waals surface area contributed by atoms with Crippen molar-refractivity contribution in [2.24, 2.45) is 0 Å². The van der Waals surface area contributed by atoms with Gasteiger partial charge < -0.3 is 10.3 Å². The summed E-state index contributed by atoms with van der Waals surface area (Å²) in [5.74, 6) is -0.868. The van der Waals surface area contributed by atoms with E-state index in [0.29, 0.717) is 27.4 Å². The largest absolute Gasteiger partial charge is 0.354 e. The summed E-state index contributed by atoms with van der Waals surface area (Å²) in [4.78, 5) is 53.2. The van der Waals surface area contributed by atoms with E-state index >= 15 is 0 Å². The maximum Gasteiger partial charge on any atom is 0.293 e. The summed E-state index contributed by atoms with van der Waals surface area (Å²) in [7, 11) is 0. The molecule has 1 aromatic carbocycles. The topological polar surface area (TPSA) is 99.3 Å². The van der Waals surface area contributed by atoms with E-state index in [2.05, 4.69) is 10.3 Å². The molecule has 0 atom stereocenters. The van der Waals surface area contributed by atoms with Crippen LogP contribution in [0, 0.1) is 13.8 Å². The zero-order valence-electron chi connectivity index (χ0n) is 16.4. The third-order valence-electron chi connectivity index (χ3n) is 4.61. The number of ketones is 1. The Kier molecular flexibility index (Phi) is 6.03. The van der Waals surface area contributed by atoms with Gasteiger partial charge in [-0.3, -0.25) is 24.1 Å². The molecular weight excluding hydrogens is 390 g/mol. The maximum atomic E-state index is 12.5. The molecule has 2 N–H and O–H groups in total. The number of Topliss-reactive ketones (excluding diaryl/α,β-unsaturated/α-hetero) is 1. The van der Waals surface area contributed by atoms with Gasteiger partial charge in [0.15, 0.2) is 5.78 Å². The number of carbonyl (C=O) groups is 4. The average molecular weight is 411 g/mol. The number of amides is 3. The molecule has 0 spiro atoms. The SMILES string of the molecule is CC(=O)c1c(C)[nH]c(C(=O)NCCN2C(=O)S/C(=C\c3ccccc3)C2=O)c1C. The van der Waals surface area contributed by atoms with E-state index in [-0.39, 0.29) is 35.9 Å². The van der Waals surface area contributed by atoms with Crippen LogP contribution in [0.1, 0.15) is 44.6 Å². The minimum atomic E-state index is -0.384. The van der Waals surface area contributed by atoms with Crippen LogP contribution in [-0.4, -0.2) is 45.8 Å². The quantitative estimate of drug-likeness (QED) is 0.561. The molecule has 0 saturated carbocycles. The molecule has 1 fully saturated rings. The van der Waals surface area contributed by atoms with Crippen molar-refractivity contribution in [3.63, 3.8) is 0 Å². The average Bonchev–Trinajstić information content (AvgIpc) is 3.12. The van der Waals surface area contributed by atoms with Gasteiger partial charge in [-0.05, 0) is 49.7 Å². The standard InChI is InChI=1S/C21H21N3O4S/c1-12-17(14(3)25)13(2)23-18(12)19(26)22-9-10-24-20(27)16(29-21(24)28)11-15-7-5-4-6-8-15/h4-8,11,23H,9-10H2,1-3H3,(H,22,26)/b16-11-. The van der Waals surface area contributed by atoms with Crippen LogP contribution in [0.25, 0.3) is 6.08 Å². The Hall–Kier alpha value is -3.13. The van der Waals surface area contributed by atoms with E-state index in [1.54, 1.807) is 19.9 Å². The molecule has 1 saturated heterocycles. The number of thioether (sulfide) groups is 1. The van der Waals surface area contributed by atoms with E-state index in [0.717, 1.165) is 22.2 Å². The minimum absolute atomic E-state index is 0.0703. The molecule has 7 nitrogen and oxygen atoms in total. The van der Waals surface area contributed by atoms with E-state index in [9.17, 15) is 19.2 Å². The Labute approximate surface area is 172 Å². The number of hydrogen-bond donors (Lipinski definition) is 2. The number of nitrogens with zero attached hydrogens (tertiary/aromatic N) is 1. The predicted molar refractivity (Wildman–Crippen MR) is 112 cm³/mol. The third-order valence-corrected chi connectivity index (χ3v) is 5.52. The lowest BCUT2D eigenvalue weighted by Crippen LogP contribution is -2.37.